The Labute approximate surface area is 197 Å². The van der Waals surface area contributed by atoms with E-state index in [-0.39, 0.29) is 5.91 Å². The number of pyridine rings is 1. The largest absolute Gasteiger partial charge is 0.488 e. The van der Waals surface area contributed by atoms with Crippen LogP contribution >= 0.6 is 0 Å². The van der Waals surface area contributed by atoms with E-state index in [0.29, 0.717) is 30.1 Å². The highest BCUT2D eigenvalue weighted by molar-refractivity contribution is 5.97. The van der Waals surface area contributed by atoms with Crippen molar-refractivity contribution in [1.82, 2.24) is 10.3 Å². The van der Waals surface area contributed by atoms with Gasteiger partial charge in [-0.25, -0.2) is 9.78 Å². The van der Waals surface area contributed by atoms with Gasteiger partial charge in [0.15, 0.2) is 0 Å². The minimum atomic E-state index is -0.411. The number of aromatic nitrogens is 1. The van der Waals surface area contributed by atoms with Crippen molar-refractivity contribution in [1.29, 1.82) is 0 Å². The second-order valence-electron chi connectivity index (χ2n) is 7.58. The third-order valence-corrected chi connectivity index (χ3v) is 5.19. The maximum absolute atomic E-state index is 12.9. The van der Waals surface area contributed by atoms with Crippen LogP contribution in [-0.2, 0) is 22.7 Å². The first-order valence-corrected chi connectivity index (χ1v) is 10.8. The molecule has 0 aliphatic carbocycles. The normalized spacial score (nSPS) is 10.9. The molecule has 0 fully saturated rings. The van der Waals surface area contributed by atoms with E-state index in [1.807, 2.05) is 78.9 Å². The molecule has 34 heavy (non-hydrogen) atoms. The molecule has 0 aliphatic heterocycles. The molecule has 1 aromatic heterocycles. The summed E-state index contributed by atoms with van der Waals surface area (Å²) in [6.07, 6.45) is 3.03. The molecule has 0 atom stereocenters. The Morgan fingerprint density at radius 3 is 2.41 bits per heavy atom. The predicted molar refractivity (Wildman–Crippen MR) is 131 cm³/mol. The maximum atomic E-state index is 12.9. The second kappa shape index (κ2) is 10.9. The van der Waals surface area contributed by atoms with Crippen molar-refractivity contribution in [3.63, 3.8) is 0 Å². The van der Waals surface area contributed by atoms with E-state index in [0.717, 1.165) is 22.1 Å². The number of hydrogen-bond acceptors (Lipinski definition) is 5. The fourth-order valence-electron chi connectivity index (χ4n) is 3.37. The third kappa shape index (κ3) is 5.86. The van der Waals surface area contributed by atoms with E-state index in [1.54, 1.807) is 12.1 Å². The minimum absolute atomic E-state index is 0.287. The van der Waals surface area contributed by atoms with Gasteiger partial charge in [-0.1, -0.05) is 66.7 Å². The summed E-state index contributed by atoms with van der Waals surface area (Å²) in [6, 6.07) is 26.7. The highest BCUT2D eigenvalue weighted by Gasteiger charge is 2.13. The Kier molecular flexibility index (Phi) is 7.30. The zero-order valence-corrected chi connectivity index (χ0v) is 18.7. The highest BCUT2D eigenvalue weighted by Crippen LogP contribution is 2.26. The Bertz CT molecular complexity index is 1320. The molecule has 0 unspecified atom stereocenters. The van der Waals surface area contributed by atoms with Gasteiger partial charge in [0.2, 0.25) is 0 Å². The lowest BCUT2D eigenvalue weighted by atomic mass is 10.1. The van der Waals surface area contributed by atoms with Crippen molar-refractivity contribution in [3.05, 3.63) is 113 Å². The number of rotatable bonds is 8. The van der Waals surface area contributed by atoms with E-state index < -0.39 is 5.97 Å². The van der Waals surface area contributed by atoms with E-state index in [4.69, 9.17) is 4.74 Å². The van der Waals surface area contributed by atoms with Crippen molar-refractivity contribution in [2.45, 2.75) is 13.2 Å². The molecule has 4 aromatic rings. The fraction of sp³-hybridized carbons (Fsp3) is 0.107. The number of nitrogens with one attached hydrogen (secondary N) is 1. The van der Waals surface area contributed by atoms with Crippen molar-refractivity contribution in [2.75, 3.05) is 7.11 Å². The molecule has 0 saturated carbocycles. The molecule has 0 spiro atoms. The number of fused-ring (bicyclic) bond motifs is 1. The number of para-hydroxylation sites is 1. The molecule has 4 rings (SSSR count). The monoisotopic (exact) mass is 452 g/mol. The SMILES string of the molecule is COC(=O)/C=C/c1ccc(CNC(=O)c2cc(OCc3ccccc3)c3ccccc3n2)cc1. The van der Waals surface area contributed by atoms with Gasteiger partial charge in [0, 0.05) is 24.1 Å². The van der Waals surface area contributed by atoms with Crippen LogP contribution in [0.15, 0.2) is 91.0 Å². The van der Waals surface area contributed by atoms with Gasteiger partial charge in [-0.15, -0.1) is 0 Å². The van der Waals surface area contributed by atoms with Crippen molar-refractivity contribution in [3.8, 4) is 5.75 Å². The van der Waals surface area contributed by atoms with Crippen LogP contribution in [0.3, 0.4) is 0 Å². The standard InChI is InChI=1S/C28H24N2O4/c1-33-27(31)16-15-20-11-13-21(14-12-20)18-29-28(32)25-17-26(23-9-5-6-10-24(23)30-25)34-19-22-7-3-2-4-8-22/h2-17H,18-19H2,1H3,(H,29,32)/b16-15+. The highest BCUT2D eigenvalue weighted by atomic mass is 16.5. The number of carbonyl (C=O) groups is 2. The summed E-state index contributed by atoms with van der Waals surface area (Å²) in [6.45, 7) is 0.737. The molecular weight excluding hydrogens is 428 g/mol. The van der Waals surface area contributed by atoms with Gasteiger partial charge < -0.3 is 14.8 Å². The number of amides is 1. The molecule has 6 heteroatoms. The van der Waals surface area contributed by atoms with Crippen LogP contribution in [0.1, 0.15) is 27.2 Å². The molecule has 170 valence electrons. The summed E-state index contributed by atoms with van der Waals surface area (Å²) in [5.41, 5.74) is 3.81. The van der Waals surface area contributed by atoms with Gasteiger partial charge >= 0.3 is 5.97 Å². The zero-order chi connectivity index (χ0) is 23.8. The van der Waals surface area contributed by atoms with Crippen LogP contribution < -0.4 is 10.1 Å². The molecule has 1 N–H and O–H groups in total. The van der Waals surface area contributed by atoms with Crippen LogP contribution in [0.25, 0.3) is 17.0 Å². The van der Waals surface area contributed by atoms with Crippen molar-refractivity contribution < 1.29 is 19.1 Å². The number of benzene rings is 3. The van der Waals surface area contributed by atoms with E-state index >= 15 is 0 Å². The van der Waals surface area contributed by atoms with Gasteiger partial charge in [-0.05, 0) is 34.9 Å². The predicted octanol–water partition coefficient (Wildman–Crippen LogP) is 4.93. The molecule has 1 amide bonds. The minimum Gasteiger partial charge on any atom is -0.488 e. The first kappa shape index (κ1) is 22.7. The number of ether oxygens (including phenoxy) is 2. The average molecular weight is 453 g/mol. The van der Waals surface area contributed by atoms with Crippen LogP contribution in [0.2, 0.25) is 0 Å². The summed E-state index contributed by atoms with van der Waals surface area (Å²) in [7, 11) is 1.33. The smallest absolute Gasteiger partial charge is 0.330 e. The van der Waals surface area contributed by atoms with Gasteiger partial charge in [0.05, 0.1) is 12.6 Å². The molecule has 3 aromatic carbocycles. The second-order valence-corrected chi connectivity index (χ2v) is 7.58. The van der Waals surface area contributed by atoms with E-state index in [9.17, 15) is 9.59 Å². The summed E-state index contributed by atoms with van der Waals surface area (Å²) >= 11 is 0. The Balaban J connectivity index is 1.46. The molecule has 0 bridgehead atoms. The summed E-state index contributed by atoms with van der Waals surface area (Å²) in [5, 5.41) is 3.76. The number of hydrogen-bond donors (Lipinski definition) is 1. The lowest BCUT2D eigenvalue weighted by Crippen LogP contribution is -2.24. The lowest BCUT2D eigenvalue weighted by Gasteiger charge is -2.12. The molecule has 0 aliphatic rings. The number of nitrogens with zero attached hydrogens (tertiary/aromatic N) is 1. The van der Waals surface area contributed by atoms with Crippen molar-refractivity contribution >= 4 is 28.9 Å². The number of carbonyl (C=O) groups excluding carboxylic acids is 2. The van der Waals surface area contributed by atoms with Gasteiger partial charge in [0.25, 0.3) is 5.91 Å². The zero-order valence-electron chi connectivity index (χ0n) is 18.7. The van der Waals surface area contributed by atoms with E-state index in [2.05, 4.69) is 15.0 Å². The molecular formula is C28H24N2O4. The Hall–Kier alpha value is -4.45. The topological polar surface area (TPSA) is 77.5 Å². The molecule has 0 saturated heterocycles. The van der Waals surface area contributed by atoms with Crippen LogP contribution in [0, 0.1) is 0 Å². The molecule has 0 radical (unpaired) electrons. The van der Waals surface area contributed by atoms with Crippen LogP contribution in [-0.4, -0.2) is 24.0 Å². The molecule has 1 heterocycles. The quantitative estimate of drug-likeness (QED) is 0.303. The summed E-state index contributed by atoms with van der Waals surface area (Å²) < 4.78 is 10.6. The maximum Gasteiger partial charge on any atom is 0.330 e. The first-order valence-electron chi connectivity index (χ1n) is 10.8. The first-order chi connectivity index (χ1) is 16.6. The van der Waals surface area contributed by atoms with Gasteiger partial charge in [-0.3, -0.25) is 4.79 Å². The summed E-state index contributed by atoms with van der Waals surface area (Å²) in [4.78, 5) is 28.6. The third-order valence-electron chi connectivity index (χ3n) is 5.19. The number of methoxy groups -OCH3 is 1. The average Bonchev–Trinajstić information content (AvgIpc) is 2.90. The van der Waals surface area contributed by atoms with Crippen molar-refractivity contribution in [2.24, 2.45) is 0 Å². The lowest BCUT2D eigenvalue weighted by molar-refractivity contribution is -0.134. The Morgan fingerprint density at radius 1 is 0.912 bits per heavy atom. The summed E-state index contributed by atoms with van der Waals surface area (Å²) in [5.74, 6) is -0.0855. The molecule has 6 nitrogen and oxygen atoms in total. The number of esters is 1. The van der Waals surface area contributed by atoms with Crippen LogP contribution in [0.5, 0.6) is 5.75 Å². The fourth-order valence-corrected chi connectivity index (χ4v) is 3.37. The van der Waals surface area contributed by atoms with Crippen LogP contribution in [0.4, 0.5) is 0 Å². The van der Waals surface area contributed by atoms with Gasteiger partial charge in [-0.2, -0.15) is 0 Å². The van der Waals surface area contributed by atoms with Gasteiger partial charge in [0.1, 0.15) is 18.1 Å². The van der Waals surface area contributed by atoms with E-state index in [1.165, 1.54) is 13.2 Å². The Morgan fingerprint density at radius 2 is 1.65 bits per heavy atom.